The van der Waals surface area contributed by atoms with Crippen LogP contribution in [-0.4, -0.2) is 64.1 Å². The molecule has 1 fully saturated rings. The quantitative estimate of drug-likeness (QED) is 0.801. The smallest absolute Gasteiger partial charge is 0.410 e. The lowest BCUT2D eigenvalue weighted by Crippen LogP contribution is -2.36. The molecule has 1 amide bonds. The van der Waals surface area contributed by atoms with Crippen LogP contribution in [0.15, 0.2) is 23.1 Å². The molecule has 1 aliphatic rings. The van der Waals surface area contributed by atoms with Gasteiger partial charge in [-0.05, 0) is 32.9 Å². The Bertz CT molecular complexity index is 788. The number of amides is 1. The average Bonchev–Trinajstić information content (AvgIpc) is 2.93. The SMILES string of the molecule is COc1ccc(OC)c(S(=O)(=O)C[C@@H]2CN(C(=O)OC(C)(C)C)C[C@@H]2N)c1. The van der Waals surface area contributed by atoms with Crippen molar-refractivity contribution in [2.24, 2.45) is 11.7 Å². The van der Waals surface area contributed by atoms with Crippen LogP contribution in [0.25, 0.3) is 0 Å². The second kappa shape index (κ2) is 7.93. The molecular weight excluding hydrogens is 372 g/mol. The molecule has 0 radical (unpaired) electrons. The summed E-state index contributed by atoms with van der Waals surface area (Å²) in [5.74, 6) is 0.0575. The summed E-state index contributed by atoms with van der Waals surface area (Å²) in [6.07, 6.45) is -0.489. The number of nitrogens with zero attached hydrogens (tertiary/aromatic N) is 1. The van der Waals surface area contributed by atoms with Crippen LogP contribution >= 0.6 is 0 Å². The van der Waals surface area contributed by atoms with E-state index < -0.39 is 33.5 Å². The van der Waals surface area contributed by atoms with Crippen molar-refractivity contribution in [2.75, 3.05) is 33.1 Å². The van der Waals surface area contributed by atoms with Crippen molar-refractivity contribution in [1.82, 2.24) is 4.90 Å². The Hall–Kier alpha value is -2.00. The molecule has 1 aromatic carbocycles. The van der Waals surface area contributed by atoms with Crippen LogP contribution in [0.1, 0.15) is 20.8 Å². The summed E-state index contributed by atoms with van der Waals surface area (Å²) < 4.78 is 41.6. The van der Waals surface area contributed by atoms with E-state index in [2.05, 4.69) is 0 Å². The van der Waals surface area contributed by atoms with E-state index >= 15 is 0 Å². The number of hydrogen-bond donors (Lipinski definition) is 1. The maximum atomic E-state index is 13.0. The first kappa shape index (κ1) is 21.3. The molecule has 9 heteroatoms. The first-order valence-corrected chi connectivity index (χ1v) is 10.3. The van der Waals surface area contributed by atoms with Crippen molar-refractivity contribution in [3.05, 3.63) is 18.2 Å². The van der Waals surface area contributed by atoms with E-state index in [4.69, 9.17) is 19.9 Å². The van der Waals surface area contributed by atoms with Crippen molar-refractivity contribution in [2.45, 2.75) is 37.3 Å². The zero-order valence-corrected chi connectivity index (χ0v) is 17.2. The standard InChI is InChI=1S/C18H28N2O6S/c1-18(2,3)26-17(21)20-9-12(14(19)10-20)11-27(22,23)16-8-13(24-4)6-7-15(16)25-5/h6-8,12,14H,9-11,19H2,1-5H3/t12-,14-/m0/s1. The van der Waals surface area contributed by atoms with Crippen LogP contribution < -0.4 is 15.2 Å². The second-order valence-electron chi connectivity index (χ2n) is 7.61. The lowest BCUT2D eigenvalue weighted by atomic mass is 10.1. The molecule has 1 aliphatic heterocycles. The van der Waals surface area contributed by atoms with E-state index in [0.29, 0.717) is 5.75 Å². The molecule has 0 spiro atoms. The lowest BCUT2D eigenvalue weighted by Gasteiger charge is -2.24. The molecule has 2 atom stereocenters. The number of ether oxygens (including phenoxy) is 3. The summed E-state index contributed by atoms with van der Waals surface area (Å²) in [6.45, 7) is 5.81. The van der Waals surface area contributed by atoms with E-state index in [1.807, 2.05) is 0 Å². The van der Waals surface area contributed by atoms with E-state index in [1.165, 1.54) is 25.2 Å². The molecule has 0 aliphatic carbocycles. The van der Waals surface area contributed by atoms with Gasteiger partial charge in [0.2, 0.25) is 0 Å². The minimum absolute atomic E-state index is 0.0484. The van der Waals surface area contributed by atoms with E-state index in [1.54, 1.807) is 32.9 Å². The van der Waals surface area contributed by atoms with Gasteiger partial charge in [0.25, 0.3) is 0 Å². The van der Waals surface area contributed by atoms with Crippen molar-refractivity contribution < 1.29 is 27.4 Å². The first-order valence-electron chi connectivity index (χ1n) is 8.65. The molecule has 0 unspecified atom stereocenters. The molecule has 1 heterocycles. The maximum absolute atomic E-state index is 13.0. The van der Waals surface area contributed by atoms with Gasteiger partial charge >= 0.3 is 6.09 Å². The fraction of sp³-hybridized carbons (Fsp3) is 0.611. The molecule has 0 aromatic heterocycles. The van der Waals surface area contributed by atoms with Crippen molar-refractivity contribution in [3.63, 3.8) is 0 Å². The van der Waals surface area contributed by atoms with Gasteiger partial charge in [-0.1, -0.05) is 0 Å². The van der Waals surface area contributed by atoms with Gasteiger partial charge in [-0.25, -0.2) is 13.2 Å². The summed E-state index contributed by atoms with van der Waals surface area (Å²) in [4.78, 5) is 13.7. The number of benzene rings is 1. The number of rotatable bonds is 5. The normalized spacial score (nSPS) is 20.4. The molecule has 0 saturated carbocycles. The van der Waals surface area contributed by atoms with Crippen molar-refractivity contribution in [1.29, 1.82) is 0 Å². The molecule has 1 saturated heterocycles. The number of hydrogen-bond acceptors (Lipinski definition) is 7. The summed E-state index contributed by atoms with van der Waals surface area (Å²) >= 11 is 0. The van der Waals surface area contributed by atoms with E-state index in [9.17, 15) is 13.2 Å². The van der Waals surface area contributed by atoms with Gasteiger partial charge in [-0.2, -0.15) is 0 Å². The molecule has 1 aromatic rings. The van der Waals surface area contributed by atoms with Gasteiger partial charge in [-0.15, -0.1) is 0 Å². The third kappa shape index (κ3) is 5.26. The molecule has 27 heavy (non-hydrogen) atoms. The number of sulfone groups is 1. The molecule has 2 rings (SSSR count). The minimum Gasteiger partial charge on any atom is -0.497 e. The Morgan fingerprint density at radius 3 is 2.44 bits per heavy atom. The molecule has 0 bridgehead atoms. The third-order valence-electron chi connectivity index (χ3n) is 4.28. The Kier molecular flexibility index (Phi) is 6.26. The number of likely N-dealkylation sites (tertiary alicyclic amines) is 1. The molecule has 2 N–H and O–H groups in total. The molecular formula is C18H28N2O6S. The highest BCUT2D eigenvalue weighted by Crippen LogP contribution is 2.31. The average molecular weight is 400 g/mol. The van der Waals surface area contributed by atoms with E-state index in [0.717, 1.165) is 0 Å². The highest BCUT2D eigenvalue weighted by molar-refractivity contribution is 7.91. The summed E-state index contributed by atoms with van der Waals surface area (Å²) in [5, 5.41) is 0. The summed E-state index contributed by atoms with van der Waals surface area (Å²) in [7, 11) is -0.829. The van der Waals surface area contributed by atoms with Crippen LogP contribution in [0.3, 0.4) is 0 Å². The second-order valence-corrected chi connectivity index (χ2v) is 9.61. The minimum atomic E-state index is -3.70. The van der Waals surface area contributed by atoms with Gasteiger partial charge in [0.1, 0.15) is 22.0 Å². The highest BCUT2D eigenvalue weighted by atomic mass is 32.2. The number of carbonyl (C=O) groups is 1. The fourth-order valence-corrected chi connectivity index (χ4v) is 4.80. The van der Waals surface area contributed by atoms with Crippen molar-refractivity contribution in [3.8, 4) is 11.5 Å². The summed E-state index contributed by atoms with van der Waals surface area (Å²) in [6, 6.07) is 4.15. The van der Waals surface area contributed by atoms with Gasteiger partial charge in [-0.3, -0.25) is 0 Å². The van der Waals surface area contributed by atoms with Crippen LogP contribution in [0.2, 0.25) is 0 Å². The number of carbonyl (C=O) groups excluding carboxylic acids is 1. The number of nitrogens with two attached hydrogens (primary N) is 1. The fourth-order valence-electron chi connectivity index (χ4n) is 2.95. The third-order valence-corrected chi connectivity index (χ3v) is 6.14. The lowest BCUT2D eigenvalue weighted by molar-refractivity contribution is 0.0288. The monoisotopic (exact) mass is 400 g/mol. The highest BCUT2D eigenvalue weighted by Gasteiger charge is 2.38. The van der Waals surface area contributed by atoms with Crippen LogP contribution in [-0.2, 0) is 14.6 Å². The van der Waals surface area contributed by atoms with Crippen LogP contribution in [0, 0.1) is 5.92 Å². The Morgan fingerprint density at radius 2 is 1.89 bits per heavy atom. The molecule has 8 nitrogen and oxygen atoms in total. The maximum Gasteiger partial charge on any atom is 0.410 e. The van der Waals surface area contributed by atoms with Gasteiger partial charge in [0, 0.05) is 31.1 Å². The zero-order valence-electron chi connectivity index (χ0n) is 16.4. The van der Waals surface area contributed by atoms with Gasteiger partial charge < -0.3 is 24.8 Å². The predicted octanol–water partition coefficient (Wildman–Crippen LogP) is 1.67. The Morgan fingerprint density at radius 1 is 1.22 bits per heavy atom. The zero-order chi connectivity index (χ0) is 20.4. The summed E-state index contributed by atoms with van der Waals surface area (Å²) in [5.41, 5.74) is 5.49. The van der Waals surface area contributed by atoms with Crippen LogP contribution in [0.5, 0.6) is 11.5 Å². The van der Waals surface area contributed by atoms with E-state index in [-0.39, 0.29) is 29.5 Å². The molecule has 152 valence electrons. The van der Waals surface area contributed by atoms with Crippen molar-refractivity contribution >= 4 is 15.9 Å². The predicted molar refractivity (Wildman–Crippen MR) is 101 cm³/mol. The number of methoxy groups -OCH3 is 2. The van der Waals surface area contributed by atoms with Gasteiger partial charge in [0.15, 0.2) is 9.84 Å². The Balaban J connectivity index is 2.17. The first-order chi connectivity index (χ1) is 12.5. The van der Waals surface area contributed by atoms with Crippen LogP contribution in [0.4, 0.5) is 4.79 Å². The largest absolute Gasteiger partial charge is 0.497 e. The van der Waals surface area contributed by atoms with Gasteiger partial charge in [0.05, 0.1) is 20.0 Å². The Labute approximate surface area is 160 Å². The topological polar surface area (TPSA) is 108 Å².